The van der Waals surface area contributed by atoms with Gasteiger partial charge < -0.3 is 81.7 Å². The summed E-state index contributed by atoms with van der Waals surface area (Å²) in [5, 5.41) is 143. The molecule has 0 radical (unpaired) electrons. The summed E-state index contributed by atoms with van der Waals surface area (Å²) in [5.74, 6) is 2.08. The van der Waals surface area contributed by atoms with Crippen LogP contribution in [0, 0.1) is 48.5 Å². The standard InChI is InChI=1S/C10H8O2.C8H10O.5C7H8O.C6H6O3.2C6H6O2.C6H6O.11C3H8.8C2H6/c11-9-3-1-7-2-4-10(12)6-8(7)5-9;1-6-3-4-8(9)5-7(6)2;4*1-6-3-2-4-7(8)5-6;1-6-4-2-3-5-7(6)8;7-4-2-1-3-5(8)6(4)9;2*7-5-2-1-3-6(8)4-5;7-6-4-2-1-3-5-6;11*1-3-2;8*1-2/h1-6,11-12H;3-5,9H,1-2H3;5*2-5,8H,1H3;1-3,7-9H;2*1-4,7-8H;1-5,7H;11*3H2,1-2H3;8*1-2H3. The molecule has 12 aromatic carbocycles. The summed E-state index contributed by atoms with van der Waals surface area (Å²) >= 11 is 0. The predicted octanol–water partition coefficient (Wildman–Crippen LogP) is 40.9. The van der Waals surface area contributed by atoms with E-state index in [-0.39, 0.29) is 46.0 Å². The topological polar surface area (TPSA) is 324 Å². The van der Waals surface area contributed by atoms with Gasteiger partial charge in [-0.05, 0) is 238 Å². The Hall–Kier alpha value is -12.3. The predicted molar refractivity (Wildman–Crippen MR) is 635 cm³/mol. The number of rotatable bonds is 0. The van der Waals surface area contributed by atoms with Gasteiger partial charge in [-0.1, -0.05) is 455 Å². The third kappa shape index (κ3) is 153. The molecular formula is C126H218O16. The molecule has 16 heteroatoms. The monoisotopic (exact) mass is 1990 g/mol. The lowest BCUT2D eigenvalue weighted by atomic mass is 10.1. The Balaban J connectivity index is -0.0000000713. The molecule has 12 aromatic rings. The van der Waals surface area contributed by atoms with Crippen LogP contribution in [-0.4, -0.2) is 81.7 Å². The van der Waals surface area contributed by atoms with Crippen molar-refractivity contribution in [3.8, 4) is 92.0 Å². The first kappa shape index (κ1) is 172. The molecule has 0 saturated heterocycles. The van der Waals surface area contributed by atoms with Crippen molar-refractivity contribution in [1.82, 2.24) is 0 Å². The molecule has 0 heterocycles. The van der Waals surface area contributed by atoms with Crippen molar-refractivity contribution in [3.63, 3.8) is 0 Å². The molecule has 0 amide bonds. The van der Waals surface area contributed by atoms with Crippen LogP contribution in [0.1, 0.15) is 373 Å². The Kier molecular flexibility index (Phi) is 181. The van der Waals surface area contributed by atoms with Crippen molar-refractivity contribution in [2.45, 2.75) is 382 Å². The second-order valence-corrected chi connectivity index (χ2v) is 27.9. The van der Waals surface area contributed by atoms with Gasteiger partial charge in [-0.25, -0.2) is 0 Å². The lowest BCUT2D eigenvalue weighted by molar-refractivity contribution is 0.368. The summed E-state index contributed by atoms with van der Waals surface area (Å²) in [4.78, 5) is 0. The van der Waals surface area contributed by atoms with E-state index in [1.165, 1.54) is 131 Å². The van der Waals surface area contributed by atoms with Crippen molar-refractivity contribution in [3.05, 3.63) is 312 Å². The molecular weight excluding hydrogens is 1770 g/mol. The van der Waals surface area contributed by atoms with Crippen LogP contribution in [0.2, 0.25) is 0 Å². The number of phenols is 16. The molecule has 0 aliphatic carbocycles. The van der Waals surface area contributed by atoms with Gasteiger partial charge in [0.05, 0.1) is 0 Å². The summed E-state index contributed by atoms with van der Waals surface area (Å²) in [7, 11) is 0. The molecule has 0 bridgehead atoms. The van der Waals surface area contributed by atoms with Crippen LogP contribution in [0.25, 0.3) is 10.8 Å². The van der Waals surface area contributed by atoms with Gasteiger partial charge in [0.1, 0.15) is 74.7 Å². The second kappa shape index (κ2) is 149. The second-order valence-electron chi connectivity index (χ2n) is 27.9. The fourth-order valence-corrected chi connectivity index (χ4v) is 6.96. The number of hydrogen-bond acceptors (Lipinski definition) is 16. The molecule has 0 unspecified atom stereocenters. The van der Waals surface area contributed by atoms with E-state index in [1.807, 2.05) is 250 Å². The zero-order chi connectivity index (χ0) is 115. The van der Waals surface area contributed by atoms with Crippen LogP contribution in [0.5, 0.6) is 92.0 Å². The molecule has 0 aliphatic rings. The lowest BCUT2D eigenvalue weighted by Crippen LogP contribution is -1.76. The summed E-state index contributed by atoms with van der Waals surface area (Å²) in [5.41, 5.74) is 7.63. The maximum absolute atomic E-state index is 9.14. The average molecular weight is 1990 g/mol. The van der Waals surface area contributed by atoms with E-state index in [1.54, 1.807) is 127 Å². The number of para-hydroxylation sites is 3. The quantitative estimate of drug-likeness (QED) is 0.0627. The van der Waals surface area contributed by atoms with Crippen LogP contribution >= 0.6 is 0 Å². The fourth-order valence-electron chi connectivity index (χ4n) is 6.96. The third-order valence-corrected chi connectivity index (χ3v) is 11.8. The van der Waals surface area contributed by atoms with Gasteiger partial charge in [0.15, 0.2) is 17.2 Å². The van der Waals surface area contributed by atoms with Crippen molar-refractivity contribution >= 4 is 10.8 Å². The van der Waals surface area contributed by atoms with E-state index in [0.29, 0.717) is 40.2 Å². The molecule has 142 heavy (non-hydrogen) atoms. The normalized spacial score (nSPS) is 7.81. The molecule has 0 saturated carbocycles. The van der Waals surface area contributed by atoms with Gasteiger partial charge in [0, 0.05) is 12.1 Å². The number of phenolic OH excluding ortho intramolecular Hbond substituents is 16. The van der Waals surface area contributed by atoms with E-state index < -0.39 is 5.75 Å². The van der Waals surface area contributed by atoms with E-state index in [4.69, 9.17) is 81.7 Å². The highest BCUT2D eigenvalue weighted by atomic mass is 16.3. The lowest BCUT2D eigenvalue weighted by Gasteiger charge is -1.98. The van der Waals surface area contributed by atoms with Crippen LogP contribution in [0.4, 0.5) is 0 Å². The summed E-state index contributed by atoms with van der Waals surface area (Å²) in [6.07, 6.45) is 13.8. The largest absolute Gasteiger partial charge is 0.508 e. The Bertz CT molecular complexity index is 3720. The van der Waals surface area contributed by atoms with Gasteiger partial charge in [-0.15, -0.1) is 0 Å². The summed E-state index contributed by atoms with van der Waals surface area (Å²) < 4.78 is 0. The molecule has 0 aromatic heterocycles. The van der Waals surface area contributed by atoms with Crippen molar-refractivity contribution in [1.29, 1.82) is 0 Å². The highest BCUT2D eigenvalue weighted by Crippen LogP contribution is 2.33. The third-order valence-electron chi connectivity index (χ3n) is 11.8. The Morgan fingerprint density at radius 2 is 0.310 bits per heavy atom. The maximum Gasteiger partial charge on any atom is 0.200 e. The fraction of sp³-hybridized carbons (Fsp3) is 0.444. The van der Waals surface area contributed by atoms with Crippen LogP contribution in [0.3, 0.4) is 0 Å². The molecule has 16 nitrogen and oxygen atoms in total. The molecule has 0 aliphatic heterocycles. The van der Waals surface area contributed by atoms with Gasteiger partial charge >= 0.3 is 0 Å². The minimum Gasteiger partial charge on any atom is -0.508 e. The zero-order valence-corrected chi connectivity index (χ0v) is 98.4. The zero-order valence-electron chi connectivity index (χ0n) is 98.4. The smallest absolute Gasteiger partial charge is 0.200 e. The van der Waals surface area contributed by atoms with Crippen LogP contribution in [0.15, 0.2) is 273 Å². The highest BCUT2D eigenvalue weighted by Gasteiger charge is 2.02. The number of hydrogen-bond donors (Lipinski definition) is 16. The van der Waals surface area contributed by atoms with E-state index in [0.717, 1.165) is 44.2 Å². The molecule has 0 fully saturated rings. The molecule has 818 valence electrons. The van der Waals surface area contributed by atoms with Gasteiger partial charge in [0.25, 0.3) is 0 Å². The SMILES string of the molecule is CC.CC.CC.CC.CC.CC.CC.CC.CCC.CCC.CCC.CCC.CCC.CCC.CCC.CCC.CCC.CCC.CCC.Cc1ccc(O)cc1C.Cc1cccc(O)c1.Cc1cccc(O)c1.Cc1cccc(O)c1.Cc1cccc(O)c1.Cc1ccccc1O.Oc1ccc2ccc(O)cc2c1.Oc1cccc(O)c1.Oc1cccc(O)c1.Oc1cccc(O)c1O.Oc1ccccc1. The van der Waals surface area contributed by atoms with E-state index >= 15 is 0 Å². The summed E-state index contributed by atoms with van der Waals surface area (Å²) in [6.45, 7) is 92.4. The molecule has 16 N–H and O–H groups in total. The highest BCUT2D eigenvalue weighted by molar-refractivity contribution is 5.85. The van der Waals surface area contributed by atoms with Crippen LogP contribution in [-0.2, 0) is 0 Å². The first-order valence-corrected chi connectivity index (χ1v) is 52.0. The van der Waals surface area contributed by atoms with Crippen LogP contribution < -0.4 is 0 Å². The first-order valence-electron chi connectivity index (χ1n) is 52.0. The van der Waals surface area contributed by atoms with Gasteiger partial charge in [-0.3, -0.25) is 0 Å². The van der Waals surface area contributed by atoms with Crippen molar-refractivity contribution < 1.29 is 81.7 Å². The number of fused-ring (bicyclic) bond motifs is 1. The minimum atomic E-state index is -0.475. The maximum atomic E-state index is 9.14. The van der Waals surface area contributed by atoms with Crippen molar-refractivity contribution in [2.24, 2.45) is 0 Å². The number of benzene rings is 12. The Morgan fingerprint density at radius 3 is 0.465 bits per heavy atom. The number of aryl methyl sites for hydroxylation is 7. The summed E-state index contributed by atoms with van der Waals surface area (Å²) in [6, 6.07) is 75.7. The van der Waals surface area contributed by atoms with Crippen molar-refractivity contribution in [2.75, 3.05) is 0 Å². The Labute approximate surface area is 873 Å². The first-order chi connectivity index (χ1) is 67.6. The number of aromatic hydroxyl groups is 16. The van der Waals surface area contributed by atoms with Gasteiger partial charge in [-0.2, -0.15) is 0 Å². The minimum absolute atomic E-state index is 0.0880. The Morgan fingerprint density at radius 1 is 0.134 bits per heavy atom. The average Bonchev–Trinajstić information content (AvgIpc) is 0.837. The van der Waals surface area contributed by atoms with E-state index in [9.17, 15) is 0 Å². The molecule has 12 rings (SSSR count). The van der Waals surface area contributed by atoms with E-state index in [2.05, 4.69) is 152 Å². The molecule has 0 spiro atoms. The molecule has 0 atom stereocenters. The van der Waals surface area contributed by atoms with Gasteiger partial charge in [0.2, 0.25) is 0 Å².